The van der Waals surface area contributed by atoms with Crippen molar-refractivity contribution in [2.45, 2.75) is 22.0 Å². The molecule has 0 heterocycles. The van der Waals surface area contributed by atoms with Gasteiger partial charge in [-0.25, -0.2) is 31.1 Å². The van der Waals surface area contributed by atoms with Crippen LogP contribution in [0.2, 0.25) is 0 Å². The van der Waals surface area contributed by atoms with Crippen molar-refractivity contribution in [1.29, 1.82) is 0 Å². The smallest absolute Gasteiger partial charge is 0.243 e. The van der Waals surface area contributed by atoms with Crippen LogP contribution in [-0.2, 0) is 30.8 Å². The van der Waals surface area contributed by atoms with Crippen LogP contribution in [0.25, 0.3) is 0 Å². The number of hydrogen-bond donors (Lipinski definition) is 2. The fourth-order valence-corrected chi connectivity index (χ4v) is 3.44. The van der Waals surface area contributed by atoms with Crippen LogP contribution in [0.3, 0.4) is 0 Å². The fraction of sp³-hybridized carbons (Fsp3) is 0.400. The average molecular weight is 358 g/mol. The van der Waals surface area contributed by atoms with Crippen LogP contribution < -0.4 is 9.86 Å². The van der Waals surface area contributed by atoms with E-state index in [4.69, 9.17) is 5.14 Å². The van der Waals surface area contributed by atoms with Gasteiger partial charge in [0.15, 0.2) is 0 Å². The molecule has 120 valence electrons. The van der Waals surface area contributed by atoms with Gasteiger partial charge in [0.2, 0.25) is 20.0 Å². The molecule has 1 rings (SSSR count). The van der Waals surface area contributed by atoms with Gasteiger partial charge in [-0.3, -0.25) is 4.21 Å². The molecule has 21 heavy (non-hydrogen) atoms. The Hall–Kier alpha value is -0.880. The Morgan fingerprint density at radius 3 is 2.33 bits per heavy atom. The summed E-state index contributed by atoms with van der Waals surface area (Å²) in [5.74, 6) is -1.24. The molecule has 3 N–H and O–H groups in total. The summed E-state index contributed by atoms with van der Waals surface area (Å²) in [7, 11) is -9.54. The van der Waals surface area contributed by atoms with Crippen LogP contribution in [0.5, 0.6) is 0 Å². The monoisotopic (exact) mass is 358 g/mol. The van der Waals surface area contributed by atoms with E-state index in [1.54, 1.807) is 6.92 Å². The maximum atomic E-state index is 13.8. The van der Waals surface area contributed by atoms with Gasteiger partial charge in [0.25, 0.3) is 0 Å². The van der Waals surface area contributed by atoms with E-state index in [2.05, 4.69) is 4.72 Å². The van der Waals surface area contributed by atoms with Crippen LogP contribution in [0.15, 0.2) is 28.0 Å². The molecule has 0 fully saturated rings. The highest BCUT2D eigenvalue weighted by Gasteiger charge is 2.22. The molecule has 0 saturated carbocycles. The Morgan fingerprint density at radius 1 is 1.33 bits per heavy atom. The van der Waals surface area contributed by atoms with E-state index in [9.17, 15) is 25.4 Å². The molecule has 0 bridgehead atoms. The maximum absolute atomic E-state index is 13.8. The van der Waals surface area contributed by atoms with Gasteiger partial charge in [-0.2, -0.15) is 0 Å². The summed E-state index contributed by atoms with van der Waals surface area (Å²) >= 11 is 0. The number of halogens is 1. The largest absolute Gasteiger partial charge is 0.260 e. The Bertz CT molecular complexity index is 761. The Labute approximate surface area is 125 Å². The second-order valence-corrected chi connectivity index (χ2v) is 9.40. The predicted octanol–water partition coefficient (Wildman–Crippen LogP) is -0.482. The molecule has 0 radical (unpaired) electrons. The van der Waals surface area contributed by atoms with Gasteiger partial charge in [-0.1, -0.05) is 0 Å². The van der Waals surface area contributed by atoms with Crippen molar-refractivity contribution in [3.05, 3.63) is 24.0 Å². The second kappa shape index (κ2) is 6.48. The molecular formula is C10H15FN2O5S3. The lowest BCUT2D eigenvalue weighted by Crippen LogP contribution is -2.33. The summed E-state index contributed by atoms with van der Waals surface area (Å²) in [6.45, 7) is 1.43. The summed E-state index contributed by atoms with van der Waals surface area (Å²) < 4.78 is 72.9. The number of primary sulfonamides is 1. The second-order valence-electron chi connectivity index (χ2n) is 4.30. The van der Waals surface area contributed by atoms with E-state index < -0.39 is 51.7 Å². The lowest BCUT2D eigenvalue weighted by Gasteiger charge is -2.11. The minimum Gasteiger partial charge on any atom is -0.260 e. The lowest BCUT2D eigenvalue weighted by molar-refractivity contribution is 0.552. The summed E-state index contributed by atoms with van der Waals surface area (Å²) in [5.41, 5.74) is 0. The topological polar surface area (TPSA) is 123 Å². The van der Waals surface area contributed by atoms with Gasteiger partial charge in [0, 0.05) is 28.9 Å². The third-order valence-electron chi connectivity index (χ3n) is 2.65. The molecule has 7 nitrogen and oxygen atoms in total. The molecule has 0 saturated heterocycles. The normalized spacial score (nSPS) is 15.6. The van der Waals surface area contributed by atoms with Gasteiger partial charge >= 0.3 is 0 Å². The van der Waals surface area contributed by atoms with Crippen molar-refractivity contribution >= 4 is 30.8 Å². The van der Waals surface area contributed by atoms with E-state index in [-0.39, 0.29) is 6.54 Å². The fourth-order valence-electron chi connectivity index (χ4n) is 1.30. The van der Waals surface area contributed by atoms with E-state index >= 15 is 0 Å². The van der Waals surface area contributed by atoms with E-state index in [0.717, 1.165) is 12.1 Å². The van der Waals surface area contributed by atoms with Crippen LogP contribution in [0, 0.1) is 5.82 Å². The first-order valence-electron chi connectivity index (χ1n) is 5.59. The zero-order valence-corrected chi connectivity index (χ0v) is 13.7. The van der Waals surface area contributed by atoms with E-state index in [1.807, 2.05) is 0 Å². The Balaban J connectivity index is 3.08. The minimum atomic E-state index is -4.18. The summed E-state index contributed by atoms with van der Waals surface area (Å²) in [5, 5.41) is 4.37. The summed E-state index contributed by atoms with van der Waals surface area (Å²) in [6.07, 6.45) is 1.42. The molecular weight excluding hydrogens is 343 g/mol. The molecule has 0 aliphatic heterocycles. The van der Waals surface area contributed by atoms with Gasteiger partial charge in [-0.15, -0.1) is 0 Å². The van der Waals surface area contributed by atoms with E-state index in [0.29, 0.717) is 6.07 Å². The van der Waals surface area contributed by atoms with Crippen molar-refractivity contribution in [1.82, 2.24) is 4.72 Å². The molecule has 0 aromatic heterocycles. The zero-order valence-electron chi connectivity index (χ0n) is 11.2. The standard InChI is InChI=1S/C10H15FN2O5S3/c1-7(19(2)14)6-13-21(17,18)10-4-3-8(5-9(10)11)20(12,15)16/h3-5,7,13H,6H2,1-2H3,(H2,12,15,16). The maximum Gasteiger partial charge on any atom is 0.243 e. The van der Waals surface area contributed by atoms with Crippen molar-refractivity contribution in [2.24, 2.45) is 5.14 Å². The van der Waals surface area contributed by atoms with Gasteiger partial charge in [0.05, 0.1) is 4.90 Å². The van der Waals surface area contributed by atoms with Crippen molar-refractivity contribution in [3.8, 4) is 0 Å². The third-order valence-corrected chi connectivity index (χ3v) is 6.32. The lowest BCUT2D eigenvalue weighted by atomic mass is 10.3. The molecule has 0 spiro atoms. The minimum absolute atomic E-state index is 0.137. The number of benzene rings is 1. The molecule has 0 aliphatic carbocycles. The van der Waals surface area contributed by atoms with Crippen LogP contribution in [0.4, 0.5) is 4.39 Å². The molecule has 2 atom stereocenters. The molecule has 2 unspecified atom stereocenters. The average Bonchev–Trinajstić information content (AvgIpc) is 2.34. The van der Waals surface area contributed by atoms with Gasteiger partial charge in [-0.05, 0) is 25.1 Å². The number of rotatable bonds is 6. The first-order valence-corrected chi connectivity index (χ1v) is 10.2. The summed E-state index contributed by atoms with van der Waals surface area (Å²) in [4.78, 5) is -1.23. The van der Waals surface area contributed by atoms with Crippen LogP contribution in [0.1, 0.15) is 6.92 Å². The molecule has 1 aromatic carbocycles. The first-order chi connectivity index (χ1) is 9.45. The Morgan fingerprint density at radius 2 is 1.90 bits per heavy atom. The summed E-state index contributed by atoms with van der Waals surface area (Å²) in [6, 6.07) is 2.24. The number of nitrogens with one attached hydrogen (secondary N) is 1. The number of nitrogens with two attached hydrogens (primary N) is 1. The third kappa shape index (κ3) is 4.81. The molecule has 0 amide bonds. The van der Waals surface area contributed by atoms with Crippen molar-refractivity contribution < 1.29 is 25.4 Å². The van der Waals surface area contributed by atoms with Crippen molar-refractivity contribution in [2.75, 3.05) is 12.8 Å². The first kappa shape index (κ1) is 18.2. The highest BCUT2D eigenvalue weighted by molar-refractivity contribution is 7.90. The number of hydrogen-bond acceptors (Lipinski definition) is 5. The van der Waals surface area contributed by atoms with Crippen molar-refractivity contribution in [3.63, 3.8) is 0 Å². The quantitative estimate of drug-likeness (QED) is 0.711. The number of sulfonamides is 2. The highest BCUT2D eigenvalue weighted by Crippen LogP contribution is 2.18. The highest BCUT2D eigenvalue weighted by atomic mass is 32.2. The van der Waals surface area contributed by atoms with E-state index in [1.165, 1.54) is 6.26 Å². The van der Waals surface area contributed by atoms with Gasteiger partial charge < -0.3 is 0 Å². The zero-order chi connectivity index (χ0) is 16.4. The molecule has 1 aromatic rings. The predicted molar refractivity (Wildman–Crippen MR) is 76.5 cm³/mol. The Kier molecular flexibility index (Phi) is 5.61. The molecule has 11 heteroatoms. The van der Waals surface area contributed by atoms with Gasteiger partial charge in [0.1, 0.15) is 10.7 Å². The van der Waals surface area contributed by atoms with Crippen LogP contribution in [-0.4, -0.2) is 39.1 Å². The van der Waals surface area contributed by atoms with Crippen LogP contribution >= 0.6 is 0 Å². The molecule has 0 aliphatic rings. The SMILES string of the molecule is CC(CNS(=O)(=O)c1ccc(S(N)(=O)=O)cc1F)S(C)=O.